The van der Waals surface area contributed by atoms with Crippen LogP contribution < -0.4 is 9.80 Å². The summed E-state index contributed by atoms with van der Waals surface area (Å²) >= 11 is 0. The highest BCUT2D eigenvalue weighted by Gasteiger charge is 2.25. The monoisotopic (exact) mass is 880 g/mol. The van der Waals surface area contributed by atoms with Crippen LogP contribution in [-0.2, 0) is 0 Å². The van der Waals surface area contributed by atoms with E-state index in [9.17, 15) is 0 Å². The predicted octanol–water partition coefficient (Wildman–Crippen LogP) is 16.4. The summed E-state index contributed by atoms with van der Waals surface area (Å²) in [7, 11) is 0. The van der Waals surface area contributed by atoms with Gasteiger partial charge in [-0.25, -0.2) is 19.9 Å². The van der Waals surface area contributed by atoms with E-state index >= 15 is 0 Å². The number of benzene rings is 8. The fourth-order valence-corrected chi connectivity index (χ4v) is 9.45. The van der Waals surface area contributed by atoms with Gasteiger partial charge < -0.3 is 4.90 Å². The van der Waals surface area contributed by atoms with E-state index in [1.165, 1.54) is 44.8 Å². The zero-order valence-electron chi connectivity index (χ0n) is 39.3. The van der Waals surface area contributed by atoms with Gasteiger partial charge in [0, 0.05) is 45.8 Å². The molecule has 0 saturated carbocycles. The number of hydrogen-bond donors (Lipinski definition) is 0. The minimum atomic E-state index is 0.606. The average molecular weight is 881 g/mol. The van der Waals surface area contributed by atoms with Crippen molar-refractivity contribution < 1.29 is 0 Å². The van der Waals surface area contributed by atoms with Crippen molar-refractivity contribution in [1.29, 1.82) is 0 Å². The Labute approximate surface area is 400 Å². The van der Waals surface area contributed by atoms with E-state index < -0.39 is 0 Å². The molecule has 10 aromatic rings. The van der Waals surface area contributed by atoms with Gasteiger partial charge in [0.15, 0.2) is 11.6 Å². The van der Waals surface area contributed by atoms with Crippen molar-refractivity contribution in [1.82, 2.24) is 19.9 Å². The minimum Gasteiger partial charge on any atom is -0.309 e. The second-order valence-electron chi connectivity index (χ2n) is 17.6. The summed E-state index contributed by atoms with van der Waals surface area (Å²) in [5.41, 5.74) is 19.3. The highest BCUT2D eigenvalue weighted by molar-refractivity contribution is 5.86. The van der Waals surface area contributed by atoms with Crippen molar-refractivity contribution in [2.45, 2.75) is 41.5 Å². The normalized spacial score (nSPS) is 11.1. The van der Waals surface area contributed by atoms with Crippen molar-refractivity contribution in [2.24, 2.45) is 0 Å². The van der Waals surface area contributed by atoms with Gasteiger partial charge in [0.2, 0.25) is 0 Å². The molecule has 8 aromatic carbocycles. The zero-order valence-corrected chi connectivity index (χ0v) is 39.3. The second kappa shape index (κ2) is 18.8. The molecule has 0 spiro atoms. The first-order valence-electron chi connectivity index (χ1n) is 23.1. The number of nitrogens with zero attached hydrogens (tertiary/aromatic N) is 6. The van der Waals surface area contributed by atoms with Gasteiger partial charge in [-0.2, -0.15) is 0 Å². The van der Waals surface area contributed by atoms with Gasteiger partial charge in [-0.3, -0.25) is 4.90 Å². The molecule has 0 N–H and O–H groups in total. The molecule has 0 atom stereocenters. The molecule has 6 heteroatoms. The first-order valence-corrected chi connectivity index (χ1v) is 23.1. The van der Waals surface area contributed by atoms with Crippen LogP contribution in [0.4, 0.5) is 34.4 Å². The largest absolute Gasteiger partial charge is 0.309 e. The van der Waals surface area contributed by atoms with Crippen LogP contribution in [-0.4, -0.2) is 19.9 Å². The lowest BCUT2D eigenvalue weighted by Gasteiger charge is -2.32. The van der Waals surface area contributed by atoms with Crippen molar-refractivity contribution in [3.8, 4) is 56.4 Å². The molecule has 2 aromatic heterocycles. The first-order chi connectivity index (χ1) is 33.2. The molecule has 0 aliphatic rings. The SMILES string of the molecule is Cc1cc(C)c(N(c2ccc(N(c3cc(-c4ccccc4)nc(-c4ccccc4)n3)c3cc(-c4ccc(-c5ccccc5)cc4)nc(-c4ccccc4)n3)cc2)c2c(C)cc(C)cc2C)c(C)c1. The molecule has 0 aliphatic carbocycles. The molecule has 6 nitrogen and oxygen atoms in total. The van der Waals surface area contributed by atoms with Crippen LogP contribution in [0.1, 0.15) is 33.4 Å². The zero-order chi connectivity index (χ0) is 46.7. The summed E-state index contributed by atoms with van der Waals surface area (Å²) in [4.78, 5) is 25.8. The van der Waals surface area contributed by atoms with E-state index in [4.69, 9.17) is 19.9 Å². The van der Waals surface area contributed by atoms with Crippen LogP contribution >= 0.6 is 0 Å². The smallest absolute Gasteiger partial charge is 0.162 e. The van der Waals surface area contributed by atoms with Gasteiger partial charge >= 0.3 is 0 Å². The Morgan fingerprint density at radius 3 is 0.985 bits per heavy atom. The van der Waals surface area contributed by atoms with Crippen LogP contribution in [0.3, 0.4) is 0 Å². The third kappa shape index (κ3) is 8.92. The summed E-state index contributed by atoms with van der Waals surface area (Å²) in [6, 6.07) is 71.8. The van der Waals surface area contributed by atoms with Crippen molar-refractivity contribution in [2.75, 3.05) is 9.80 Å². The number of hydrogen-bond acceptors (Lipinski definition) is 6. The summed E-state index contributed by atoms with van der Waals surface area (Å²) in [6.45, 7) is 13.2. The predicted molar refractivity (Wildman–Crippen MR) is 283 cm³/mol. The van der Waals surface area contributed by atoms with Gasteiger partial charge in [-0.15, -0.1) is 0 Å². The number of rotatable bonds is 11. The third-order valence-corrected chi connectivity index (χ3v) is 12.4. The molecule has 0 fully saturated rings. The van der Waals surface area contributed by atoms with Gasteiger partial charge in [0.05, 0.1) is 22.8 Å². The van der Waals surface area contributed by atoms with Crippen molar-refractivity contribution >= 4 is 34.4 Å². The quantitative estimate of drug-likeness (QED) is 0.129. The van der Waals surface area contributed by atoms with Gasteiger partial charge in [0.25, 0.3) is 0 Å². The van der Waals surface area contributed by atoms with Crippen LogP contribution in [0, 0.1) is 41.5 Å². The molecule has 2 heterocycles. The lowest BCUT2D eigenvalue weighted by molar-refractivity contribution is 1.07. The third-order valence-electron chi connectivity index (χ3n) is 12.4. The molecule has 330 valence electrons. The van der Waals surface area contributed by atoms with Crippen LogP contribution in [0.5, 0.6) is 0 Å². The molecule has 68 heavy (non-hydrogen) atoms. The Balaban J connectivity index is 1.20. The molecule has 0 unspecified atom stereocenters. The molecule has 0 amide bonds. The molecular weight excluding hydrogens is 829 g/mol. The van der Waals surface area contributed by atoms with Crippen molar-refractivity contribution in [3.63, 3.8) is 0 Å². The highest BCUT2D eigenvalue weighted by atomic mass is 15.3. The standard InChI is InChI=1S/C62H52N6/c1-41-35-43(3)59(44(4)36-41)68(60-45(5)37-42(2)38-46(60)6)54-33-31-53(32-34-54)67(57-39-55(49-21-13-8-14-22-49)63-61(65-57)51-23-15-9-16-24-51)58-40-56(64-62(66-58)52-25-17-10-18-26-52)50-29-27-48(28-30-50)47-19-11-7-12-20-47/h7-40H,1-6H3. The van der Waals surface area contributed by atoms with Gasteiger partial charge in [-0.1, -0.05) is 181 Å². The summed E-state index contributed by atoms with van der Waals surface area (Å²) in [5, 5.41) is 0. The maximum atomic E-state index is 5.41. The number of aromatic nitrogens is 4. The van der Waals surface area contributed by atoms with E-state index in [1.54, 1.807) is 0 Å². The Bertz CT molecular complexity index is 3210. The molecule has 0 saturated heterocycles. The lowest BCUT2D eigenvalue weighted by atomic mass is 9.98. The highest BCUT2D eigenvalue weighted by Crippen LogP contribution is 2.45. The van der Waals surface area contributed by atoms with Gasteiger partial charge in [0.1, 0.15) is 11.6 Å². The average Bonchev–Trinajstić information content (AvgIpc) is 3.36. The van der Waals surface area contributed by atoms with E-state index in [-0.39, 0.29) is 0 Å². The number of anilines is 6. The Morgan fingerprint density at radius 2 is 0.588 bits per heavy atom. The summed E-state index contributed by atoms with van der Waals surface area (Å²) in [5.74, 6) is 2.55. The summed E-state index contributed by atoms with van der Waals surface area (Å²) < 4.78 is 0. The van der Waals surface area contributed by atoms with Crippen LogP contribution in [0.25, 0.3) is 56.4 Å². The first kappa shape index (κ1) is 43.4. The van der Waals surface area contributed by atoms with Crippen LogP contribution in [0.2, 0.25) is 0 Å². The Hall–Kier alpha value is -8.48. The maximum absolute atomic E-state index is 5.41. The molecule has 0 aliphatic heterocycles. The molecule has 0 radical (unpaired) electrons. The molecule has 0 bridgehead atoms. The fraction of sp³-hybridized carbons (Fsp3) is 0.0968. The van der Waals surface area contributed by atoms with E-state index in [0.29, 0.717) is 23.3 Å². The van der Waals surface area contributed by atoms with Gasteiger partial charge in [-0.05, 0) is 99.2 Å². The molecule has 10 rings (SSSR count). The van der Waals surface area contributed by atoms with Crippen molar-refractivity contribution in [3.05, 3.63) is 240 Å². The lowest BCUT2D eigenvalue weighted by Crippen LogP contribution is -2.17. The van der Waals surface area contributed by atoms with E-state index in [2.05, 4.69) is 197 Å². The number of aryl methyl sites for hydroxylation is 6. The van der Waals surface area contributed by atoms with Crippen LogP contribution in [0.15, 0.2) is 206 Å². The molecular formula is C62H52N6. The van der Waals surface area contributed by atoms with E-state index in [0.717, 1.165) is 56.1 Å². The summed E-state index contributed by atoms with van der Waals surface area (Å²) in [6.07, 6.45) is 0. The maximum Gasteiger partial charge on any atom is 0.162 e. The second-order valence-corrected chi connectivity index (χ2v) is 17.6. The van der Waals surface area contributed by atoms with E-state index in [1.807, 2.05) is 60.7 Å². The topological polar surface area (TPSA) is 58.0 Å². The Morgan fingerprint density at radius 1 is 0.279 bits per heavy atom. The fourth-order valence-electron chi connectivity index (χ4n) is 9.45. The minimum absolute atomic E-state index is 0.606. The Kier molecular flexibility index (Phi) is 12.0.